The number of aromatic nitrogens is 1. The summed E-state index contributed by atoms with van der Waals surface area (Å²) in [6, 6.07) is 13.1. The molecule has 2 aromatic heterocycles. The van der Waals surface area contributed by atoms with Crippen LogP contribution in [-0.2, 0) is 28.5 Å². The lowest BCUT2D eigenvalue weighted by Crippen LogP contribution is -2.58. The number of thiophene rings is 1. The fourth-order valence-electron chi connectivity index (χ4n) is 8.48. The van der Waals surface area contributed by atoms with Gasteiger partial charge in [-0.1, -0.05) is 44.0 Å². The number of urea groups is 1. The molecule has 15 nitrogen and oxygen atoms in total. The van der Waals surface area contributed by atoms with Gasteiger partial charge in [0.15, 0.2) is 0 Å². The molecule has 2 aromatic carbocycles. The quantitative estimate of drug-likeness (QED) is 0.0799. The second-order valence-electron chi connectivity index (χ2n) is 15.9. The highest BCUT2D eigenvalue weighted by molar-refractivity contribution is 7.57. The predicted octanol–water partition coefficient (Wildman–Crippen LogP) is 7.03. The molecule has 3 aliphatic heterocycles. The summed E-state index contributed by atoms with van der Waals surface area (Å²) in [5, 5.41) is 5.94. The number of imide groups is 2. The maximum Gasteiger partial charge on any atom is 0.355 e. The zero-order chi connectivity index (χ0) is 43.1. The number of pyridine rings is 1. The van der Waals surface area contributed by atoms with Crippen LogP contribution in [0, 0.1) is 0 Å². The maximum absolute atomic E-state index is 16.6. The number of amides is 6. The number of esters is 1. The fraction of sp³-hybridized carbons (Fsp3) is 0.419. The highest BCUT2D eigenvalue weighted by atomic mass is 32.1. The minimum atomic E-state index is -4.48. The predicted molar refractivity (Wildman–Crippen MR) is 224 cm³/mol. The minimum absolute atomic E-state index is 0.0150. The van der Waals surface area contributed by atoms with E-state index >= 15 is 4.39 Å². The van der Waals surface area contributed by atoms with Crippen molar-refractivity contribution in [3.8, 4) is 5.75 Å². The third kappa shape index (κ3) is 8.06. The lowest BCUT2D eigenvalue weighted by molar-refractivity contribution is -0.147. The van der Waals surface area contributed by atoms with Crippen LogP contribution >= 0.6 is 18.9 Å². The van der Waals surface area contributed by atoms with Gasteiger partial charge in [0.05, 0.1) is 23.4 Å². The van der Waals surface area contributed by atoms with Gasteiger partial charge < -0.3 is 19.5 Å². The van der Waals surface area contributed by atoms with E-state index < -0.39 is 72.7 Å². The molecule has 61 heavy (non-hydrogen) atoms. The van der Waals surface area contributed by atoms with E-state index in [2.05, 4.69) is 15.4 Å². The van der Waals surface area contributed by atoms with Crippen molar-refractivity contribution in [3.63, 3.8) is 0 Å². The molecule has 4 aliphatic rings. The van der Waals surface area contributed by atoms with Crippen molar-refractivity contribution in [1.29, 1.82) is 0 Å². The molecule has 1 saturated carbocycles. The van der Waals surface area contributed by atoms with E-state index in [1.165, 1.54) is 48.5 Å². The maximum atomic E-state index is 16.6. The lowest BCUT2D eigenvalue weighted by atomic mass is 9.99. The number of hydrogen-bond donors (Lipinski definition) is 2. The number of fused-ring (bicyclic) bond motifs is 2. The monoisotopic (exact) mass is 872 g/mol. The number of para-hydroxylation sites is 1. The molecule has 6 amide bonds. The molecule has 18 heteroatoms. The average molecular weight is 873 g/mol. The van der Waals surface area contributed by atoms with E-state index in [0.717, 1.165) is 27.6 Å². The van der Waals surface area contributed by atoms with Gasteiger partial charge in [0.25, 0.3) is 17.7 Å². The van der Waals surface area contributed by atoms with Crippen LogP contribution in [0.3, 0.4) is 0 Å². The second kappa shape index (κ2) is 17.1. The Kier molecular flexibility index (Phi) is 11.8. The molecule has 4 aromatic rings. The van der Waals surface area contributed by atoms with Gasteiger partial charge in [0, 0.05) is 16.9 Å². The topological polar surface area (TPSA) is 185 Å². The van der Waals surface area contributed by atoms with Crippen LogP contribution < -0.4 is 19.8 Å². The van der Waals surface area contributed by atoms with E-state index in [1.807, 2.05) is 6.92 Å². The number of nitrogens with one attached hydrogen (secondary N) is 2. The Morgan fingerprint density at radius 1 is 1.00 bits per heavy atom. The number of alkyl halides is 1. The largest absolute Gasteiger partial charge is 0.465 e. The molecule has 6 atom stereocenters. The zero-order valence-corrected chi connectivity index (χ0v) is 35.4. The standard InChI is InChI=1S/C43H46FN6O9PS/c1-3-22-58-40(54)26(2)47-60(57,59-31-12-5-4-6-13-31)36(44)27-15-18-34-28(23-27)24-35(61-34)37(51)46-32-14-8-7-10-29-16-17-33(48(29)38(32)52)39(53)50-42(56)49(30-11-9-21-45-25-30)41(55)43(50)19-20-43/h4-6,9,11-13,15,18,21,23-26,29,32-33,36H,3,7-8,10,14,16-17,19-20,22H2,1-2H3,(H,46,51)(H,47,57)/t26-,29-,32?,33-,36+,60?/m0/s1. The fourth-order valence-corrected chi connectivity index (χ4v) is 11.3. The molecule has 5 heterocycles. The Labute approximate surface area is 355 Å². The van der Waals surface area contributed by atoms with Crippen LogP contribution in [0.5, 0.6) is 5.75 Å². The number of halogens is 1. The number of anilines is 1. The first kappa shape index (κ1) is 42.2. The summed E-state index contributed by atoms with van der Waals surface area (Å²) in [6.45, 7) is 3.39. The molecule has 1 aliphatic carbocycles. The van der Waals surface area contributed by atoms with Gasteiger partial charge in [-0.2, -0.15) is 0 Å². The van der Waals surface area contributed by atoms with Gasteiger partial charge >= 0.3 is 19.5 Å². The Bertz CT molecular complexity index is 2420. The average Bonchev–Trinajstić information content (AvgIpc) is 3.66. The number of hydrogen-bond acceptors (Lipinski definition) is 11. The minimum Gasteiger partial charge on any atom is -0.465 e. The number of nitrogens with zero attached hydrogens (tertiary/aromatic N) is 4. The third-order valence-electron chi connectivity index (χ3n) is 11.7. The van der Waals surface area contributed by atoms with Crippen LogP contribution in [-0.4, -0.2) is 86.7 Å². The molecule has 8 rings (SSSR count). The SMILES string of the molecule is CCCOC(=O)[C@H](C)NP(=O)(Oc1ccccc1)[C@@H](F)c1ccc2sc(C(=O)NC3CCCC[C@H]4CC[C@@H](C(=O)N5C(=O)N(c6cccnc6)C(=O)C56CC6)N4C3=O)cc2c1. The highest BCUT2D eigenvalue weighted by Crippen LogP contribution is 2.58. The second-order valence-corrected chi connectivity index (χ2v) is 19.1. The summed E-state index contributed by atoms with van der Waals surface area (Å²) in [7, 11) is -4.48. The molecule has 0 radical (unpaired) electrons. The van der Waals surface area contributed by atoms with Crippen molar-refractivity contribution < 1.29 is 47.0 Å². The van der Waals surface area contributed by atoms with Crippen LogP contribution in [0.25, 0.3) is 10.1 Å². The lowest BCUT2D eigenvalue weighted by Gasteiger charge is -2.36. The zero-order valence-electron chi connectivity index (χ0n) is 33.7. The highest BCUT2D eigenvalue weighted by Gasteiger charge is 2.68. The van der Waals surface area contributed by atoms with E-state index in [9.17, 15) is 33.3 Å². The molecule has 320 valence electrons. The molecular weight excluding hydrogens is 827 g/mol. The number of carbonyl (C=O) groups is 6. The van der Waals surface area contributed by atoms with Crippen molar-refractivity contribution in [2.45, 2.75) is 107 Å². The molecule has 0 bridgehead atoms. The van der Waals surface area contributed by atoms with Crippen molar-refractivity contribution in [2.75, 3.05) is 11.5 Å². The molecule has 3 saturated heterocycles. The number of carbonyl (C=O) groups excluding carboxylic acids is 6. The summed E-state index contributed by atoms with van der Waals surface area (Å²) in [5.74, 6) is -4.87. The normalized spacial score (nSPS) is 22.9. The van der Waals surface area contributed by atoms with Crippen molar-refractivity contribution >= 4 is 70.3 Å². The van der Waals surface area contributed by atoms with Crippen molar-refractivity contribution in [3.05, 3.63) is 89.6 Å². The van der Waals surface area contributed by atoms with E-state index in [1.54, 1.807) is 42.5 Å². The van der Waals surface area contributed by atoms with Gasteiger partial charge in [-0.25, -0.2) is 24.1 Å². The van der Waals surface area contributed by atoms with Gasteiger partial charge in [-0.15, -0.1) is 11.3 Å². The summed E-state index contributed by atoms with van der Waals surface area (Å²) in [4.78, 5) is 90.6. The number of rotatable bonds is 13. The van der Waals surface area contributed by atoms with Crippen molar-refractivity contribution in [1.82, 2.24) is 25.2 Å². The molecule has 1 spiro atoms. The Hall–Kier alpha value is -5.51. The van der Waals surface area contributed by atoms with Crippen molar-refractivity contribution in [2.24, 2.45) is 0 Å². The molecular formula is C43H46FN6O9PS. The molecule has 2 unspecified atom stereocenters. The van der Waals surface area contributed by atoms with Gasteiger partial charge in [0.2, 0.25) is 11.8 Å². The van der Waals surface area contributed by atoms with Gasteiger partial charge in [0.1, 0.15) is 29.4 Å². The summed E-state index contributed by atoms with van der Waals surface area (Å²) in [6.07, 6.45) is 7.38. The Balaban J connectivity index is 0.997. The van der Waals surface area contributed by atoms with Gasteiger partial charge in [-0.3, -0.25) is 33.5 Å². The van der Waals surface area contributed by atoms with Crippen LogP contribution in [0.2, 0.25) is 0 Å². The molecule has 4 fully saturated rings. The summed E-state index contributed by atoms with van der Waals surface area (Å²) in [5.41, 5.74) is -1.03. The number of benzene rings is 2. The smallest absolute Gasteiger partial charge is 0.355 e. The van der Waals surface area contributed by atoms with Crippen LogP contribution in [0.1, 0.15) is 92.8 Å². The first-order valence-electron chi connectivity index (χ1n) is 20.6. The Morgan fingerprint density at radius 2 is 1.77 bits per heavy atom. The first-order valence-corrected chi connectivity index (χ1v) is 23.1. The summed E-state index contributed by atoms with van der Waals surface area (Å²) >= 11 is 1.13. The van der Waals surface area contributed by atoms with E-state index in [0.29, 0.717) is 61.5 Å². The summed E-state index contributed by atoms with van der Waals surface area (Å²) < 4.78 is 42.4. The van der Waals surface area contributed by atoms with E-state index in [4.69, 9.17) is 9.26 Å². The Morgan fingerprint density at radius 3 is 2.49 bits per heavy atom. The molecule has 2 N–H and O–H groups in total. The van der Waals surface area contributed by atoms with E-state index in [-0.39, 0.29) is 34.5 Å². The van der Waals surface area contributed by atoms with Gasteiger partial charge in [-0.05, 0) is 105 Å². The van der Waals surface area contributed by atoms with Crippen LogP contribution in [0.15, 0.2) is 79.1 Å². The third-order valence-corrected chi connectivity index (χ3v) is 14.9. The number of ether oxygens (including phenoxy) is 1. The first-order chi connectivity index (χ1) is 29.3. The van der Waals surface area contributed by atoms with Crippen LogP contribution in [0.4, 0.5) is 14.9 Å².